The largest absolute Gasteiger partial charge is 0.456 e. The average molecular weight is 511 g/mol. The van der Waals surface area contributed by atoms with Crippen molar-refractivity contribution in [2.24, 2.45) is 0 Å². The summed E-state index contributed by atoms with van der Waals surface area (Å²) in [5.74, 6) is 0.334. The lowest BCUT2D eigenvalue weighted by molar-refractivity contribution is 0.227. The Morgan fingerprint density at radius 1 is 1.18 bits per heavy atom. The van der Waals surface area contributed by atoms with Crippen LogP contribution < -0.4 is 15.4 Å². The monoisotopic (exact) mass is 510 g/mol. The van der Waals surface area contributed by atoms with Crippen molar-refractivity contribution in [1.82, 2.24) is 14.9 Å². The maximum Gasteiger partial charge on any atom is 0.315 e. The molecule has 1 fully saturated rings. The van der Waals surface area contributed by atoms with Gasteiger partial charge in [-0.25, -0.2) is 13.2 Å². The van der Waals surface area contributed by atoms with Gasteiger partial charge in [-0.3, -0.25) is 0 Å². The van der Waals surface area contributed by atoms with Crippen LogP contribution >= 0.6 is 23.2 Å². The standard InChI is InChI=1S/C22H24Cl2N4O4S/c1-2-7-26-22(29)27-18-5-8-28(9-6-18)33(30,31)21-10-15(14-25)3-4-20(21)32-19-12-16(23)11-17(24)13-19/h3-4,10-13,18H,2,5-9H2,1H3,(H2,26,27,29). The van der Waals surface area contributed by atoms with Crippen LogP contribution in [0.2, 0.25) is 10.0 Å². The number of rotatable bonds is 7. The zero-order valence-corrected chi connectivity index (χ0v) is 20.3. The van der Waals surface area contributed by atoms with Crippen molar-refractivity contribution >= 4 is 39.3 Å². The zero-order valence-electron chi connectivity index (χ0n) is 18.0. The van der Waals surface area contributed by atoms with Gasteiger partial charge in [0.25, 0.3) is 0 Å². The summed E-state index contributed by atoms with van der Waals surface area (Å²) >= 11 is 12.0. The Hall–Kier alpha value is -2.51. The Morgan fingerprint density at radius 3 is 2.45 bits per heavy atom. The molecule has 0 atom stereocenters. The van der Waals surface area contributed by atoms with Crippen molar-refractivity contribution in [2.75, 3.05) is 19.6 Å². The normalized spacial score (nSPS) is 15.0. The topological polar surface area (TPSA) is 112 Å². The number of hydrogen-bond donors (Lipinski definition) is 2. The highest BCUT2D eigenvalue weighted by molar-refractivity contribution is 7.89. The number of carbonyl (C=O) groups is 1. The van der Waals surface area contributed by atoms with Gasteiger partial charge >= 0.3 is 6.03 Å². The predicted octanol–water partition coefficient (Wildman–Crippen LogP) is 4.52. The first-order valence-electron chi connectivity index (χ1n) is 10.5. The van der Waals surface area contributed by atoms with E-state index in [1.54, 1.807) is 0 Å². The van der Waals surface area contributed by atoms with E-state index in [4.69, 9.17) is 27.9 Å². The molecule has 2 amide bonds. The van der Waals surface area contributed by atoms with Crippen molar-refractivity contribution in [2.45, 2.75) is 37.1 Å². The molecule has 0 radical (unpaired) electrons. The molecule has 1 aliphatic rings. The third kappa shape index (κ3) is 6.51. The van der Waals surface area contributed by atoms with Crippen molar-refractivity contribution in [1.29, 1.82) is 5.26 Å². The van der Waals surface area contributed by atoms with E-state index in [1.165, 1.54) is 40.7 Å². The maximum atomic E-state index is 13.5. The molecule has 176 valence electrons. The Morgan fingerprint density at radius 2 is 1.85 bits per heavy atom. The van der Waals surface area contributed by atoms with Gasteiger partial charge in [0.1, 0.15) is 16.4 Å². The van der Waals surface area contributed by atoms with Gasteiger partial charge in [0, 0.05) is 35.7 Å². The number of hydrogen-bond acceptors (Lipinski definition) is 5. The minimum absolute atomic E-state index is 0.0616. The lowest BCUT2D eigenvalue weighted by Gasteiger charge is -2.32. The molecule has 1 saturated heterocycles. The average Bonchev–Trinajstić information content (AvgIpc) is 2.77. The van der Waals surface area contributed by atoms with E-state index >= 15 is 0 Å². The third-order valence-corrected chi connectivity index (χ3v) is 7.44. The number of nitrogens with zero attached hydrogens (tertiary/aromatic N) is 2. The van der Waals surface area contributed by atoms with Crippen LogP contribution in [-0.4, -0.2) is 44.4 Å². The van der Waals surface area contributed by atoms with E-state index in [0.29, 0.717) is 29.4 Å². The Labute approximate surface area is 203 Å². The van der Waals surface area contributed by atoms with Crippen LogP contribution in [0.15, 0.2) is 41.3 Å². The summed E-state index contributed by atoms with van der Waals surface area (Å²) in [4.78, 5) is 11.8. The molecule has 11 heteroatoms. The van der Waals surface area contributed by atoms with E-state index in [-0.39, 0.29) is 47.1 Å². The first kappa shape index (κ1) is 25.1. The van der Waals surface area contributed by atoms with Crippen molar-refractivity contribution in [3.63, 3.8) is 0 Å². The molecule has 1 aliphatic heterocycles. The van der Waals surface area contributed by atoms with E-state index in [1.807, 2.05) is 13.0 Å². The van der Waals surface area contributed by atoms with Gasteiger partial charge in [0.15, 0.2) is 0 Å². The van der Waals surface area contributed by atoms with Gasteiger partial charge in [-0.05, 0) is 55.7 Å². The van der Waals surface area contributed by atoms with Gasteiger partial charge in [0.2, 0.25) is 10.0 Å². The highest BCUT2D eigenvalue weighted by atomic mass is 35.5. The SMILES string of the molecule is CCCNC(=O)NC1CCN(S(=O)(=O)c2cc(C#N)ccc2Oc2cc(Cl)cc(Cl)c2)CC1. The second-order valence-corrected chi connectivity index (χ2v) is 10.3. The number of benzene rings is 2. The maximum absolute atomic E-state index is 13.5. The second-order valence-electron chi connectivity index (χ2n) is 7.56. The van der Waals surface area contributed by atoms with Gasteiger partial charge in [-0.2, -0.15) is 9.57 Å². The fourth-order valence-corrected chi connectivity index (χ4v) is 5.55. The Balaban J connectivity index is 1.80. The van der Waals surface area contributed by atoms with Crippen molar-refractivity contribution < 1.29 is 17.9 Å². The number of nitriles is 1. The summed E-state index contributed by atoms with van der Waals surface area (Å²) in [5, 5.41) is 15.6. The second kappa shape index (κ2) is 11.1. The van der Waals surface area contributed by atoms with Crippen LogP contribution in [-0.2, 0) is 10.0 Å². The van der Waals surface area contributed by atoms with E-state index in [9.17, 15) is 18.5 Å². The lowest BCUT2D eigenvalue weighted by Crippen LogP contribution is -2.49. The molecule has 8 nitrogen and oxygen atoms in total. The van der Waals surface area contributed by atoms with Crippen LogP contribution in [0.25, 0.3) is 0 Å². The highest BCUT2D eigenvalue weighted by Gasteiger charge is 2.32. The molecule has 2 N–H and O–H groups in total. The molecular formula is C22H24Cl2N4O4S. The van der Waals surface area contributed by atoms with Gasteiger partial charge in [-0.1, -0.05) is 30.1 Å². The minimum Gasteiger partial charge on any atom is -0.456 e. The molecule has 2 aromatic carbocycles. The first-order valence-corrected chi connectivity index (χ1v) is 12.6. The molecule has 0 aliphatic carbocycles. The number of carbonyl (C=O) groups excluding carboxylic acids is 1. The molecule has 2 aromatic rings. The van der Waals surface area contributed by atoms with Crippen LogP contribution in [0.5, 0.6) is 11.5 Å². The molecule has 33 heavy (non-hydrogen) atoms. The van der Waals surface area contributed by atoms with E-state index in [0.717, 1.165) is 6.42 Å². The molecule has 3 rings (SSSR count). The number of sulfonamides is 1. The van der Waals surface area contributed by atoms with Gasteiger partial charge in [0.05, 0.1) is 11.6 Å². The molecular weight excluding hydrogens is 487 g/mol. The lowest BCUT2D eigenvalue weighted by atomic mass is 10.1. The number of halogens is 2. The summed E-state index contributed by atoms with van der Waals surface area (Å²) in [5.41, 5.74) is 0.189. The molecule has 1 heterocycles. The smallest absolute Gasteiger partial charge is 0.315 e. The molecule has 0 unspecified atom stereocenters. The van der Waals surface area contributed by atoms with E-state index in [2.05, 4.69) is 10.6 Å². The van der Waals surface area contributed by atoms with Crippen LogP contribution in [0.3, 0.4) is 0 Å². The number of urea groups is 1. The molecule has 0 spiro atoms. The van der Waals surface area contributed by atoms with Crippen molar-refractivity contribution in [3.05, 3.63) is 52.0 Å². The molecule has 0 saturated carbocycles. The zero-order chi connectivity index (χ0) is 24.0. The number of ether oxygens (including phenoxy) is 1. The Bertz CT molecular complexity index is 1140. The van der Waals surface area contributed by atoms with E-state index < -0.39 is 10.0 Å². The summed E-state index contributed by atoms with van der Waals surface area (Å²) < 4.78 is 34.1. The van der Waals surface area contributed by atoms with Crippen LogP contribution in [0.1, 0.15) is 31.7 Å². The van der Waals surface area contributed by atoms with Crippen molar-refractivity contribution in [3.8, 4) is 17.6 Å². The van der Waals surface area contributed by atoms with Crippen LogP contribution in [0, 0.1) is 11.3 Å². The first-order chi connectivity index (χ1) is 15.7. The van der Waals surface area contributed by atoms with Gasteiger partial charge in [-0.15, -0.1) is 0 Å². The summed E-state index contributed by atoms with van der Waals surface area (Å²) in [6, 6.07) is 10.4. The fraction of sp³-hybridized carbons (Fsp3) is 0.364. The predicted molar refractivity (Wildman–Crippen MR) is 126 cm³/mol. The molecule has 0 bridgehead atoms. The third-order valence-electron chi connectivity index (χ3n) is 5.08. The quantitative estimate of drug-likeness (QED) is 0.568. The van der Waals surface area contributed by atoms with Crippen LogP contribution in [0.4, 0.5) is 4.79 Å². The van der Waals surface area contributed by atoms with Gasteiger partial charge < -0.3 is 15.4 Å². The number of piperidine rings is 1. The molecule has 0 aromatic heterocycles. The minimum atomic E-state index is -3.97. The summed E-state index contributed by atoms with van der Waals surface area (Å²) in [6.07, 6.45) is 1.77. The Kier molecular flexibility index (Phi) is 8.43. The number of nitrogens with one attached hydrogen (secondary N) is 2. The highest BCUT2D eigenvalue weighted by Crippen LogP contribution is 2.35. The number of amides is 2. The summed E-state index contributed by atoms with van der Waals surface area (Å²) in [7, 11) is -3.97. The summed E-state index contributed by atoms with van der Waals surface area (Å²) in [6.45, 7) is 2.99. The fourth-order valence-electron chi connectivity index (χ4n) is 3.43.